The molecule has 1 aromatic carbocycles. The zero-order chi connectivity index (χ0) is 20.1. The number of aliphatic hydroxyl groups is 1. The third-order valence-corrected chi connectivity index (χ3v) is 5.98. The number of carbonyl (C=O) groups is 1. The second-order valence-electron chi connectivity index (χ2n) is 7.47. The third kappa shape index (κ3) is 5.81. The van der Waals surface area contributed by atoms with Gasteiger partial charge in [0.2, 0.25) is 5.91 Å². The van der Waals surface area contributed by atoms with Gasteiger partial charge in [-0.05, 0) is 37.5 Å². The van der Waals surface area contributed by atoms with Crippen LogP contribution in [0.5, 0.6) is 0 Å². The van der Waals surface area contributed by atoms with Gasteiger partial charge < -0.3 is 19.9 Å². The monoisotopic (exact) mass is 430 g/mol. The summed E-state index contributed by atoms with van der Waals surface area (Å²) in [4.78, 5) is 14.1. The van der Waals surface area contributed by atoms with Crippen molar-refractivity contribution in [2.75, 3.05) is 26.3 Å². The summed E-state index contributed by atoms with van der Waals surface area (Å²) in [5.74, 6) is 0.0146. The van der Waals surface area contributed by atoms with Crippen molar-refractivity contribution >= 4 is 29.1 Å². The number of halogens is 2. The Morgan fingerprint density at radius 2 is 2.11 bits per heavy atom. The fourth-order valence-corrected chi connectivity index (χ4v) is 4.30. The lowest BCUT2D eigenvalue weighted by molar-refractivity contribution is -0.158. The summed E-state index contributed by atoms with van der Waals surface area (Å²) in [6, 6.07) is 5.71. The number of benzene rings is 1. The van der Waals surface area contributed by atoms with Crippen LogP contribution in [0.25, 0.3) is 0 Å². The molecule has 0 unspecified atom stereocenters. The van der Waals surface area contributed by atoms with Crippen LogP contribution in [0.2, 0.25) is 10.0 Å². The minimum Gasteiger partial charge on any atom is -0.389 e. The van der Waals surface area contributed by atoms with Gasteiger partial charge in [0.25, 0.3) is 0 Å². The zero-order valence-corrected chi connectivity index (χ0v) is 17.6. The third-order valence-electron chi connectivity index (χ3n) is 5.24. The van der Waals surface area contributed by atoms with Gasteiger partial charge in [-0.3, -0.25) is 9.69 Å². The number of aliphatic hydroxyl groups excluding tert-OH is 1. The molecule has 8 heteroatoms. The number of rotatable bonds is 5. The van der Waals surface area contributed by atoms with Crippen LogP contribution in [0, 0.1) is 0 Å². The van der Waals surface area contributed by atoms with E-state index in [1.165, 1.54) is 0 Å². The van der Waals surface area contributed by atoms with E-state index in [0.717, 1.165) is 18.4 Å². The highest BCUT2D eigenvalue weighted by atomic mass is 35.5. The van der Waals surface area contributed by atoms with Crippen molar-refractivity contribution in [3.8, 4) is 0 Å². The van der Waals surface area contributed by atoms with E-state index in [9.17, 15) is 9.90 Å². The molecule has 3 rings (SSSR count). The molecule has 0 radical (unpaired) electrons. The van der Waals surface area contributed by atoms with E-state index in [0.29, 0.717) is 42.7 Å². The van der Waals surface area contributed by atoms with Gasteiger partial charge in [0.1, 0.15) is 0 Å². The van der Waals surface area contributed by atoms with Crippen molar-refractivity contribution in [3.05, 3.63) is 33.8 Å². The Labute approximate surface area is 176 Å². The van der Waals surface area contributed by atoms with Crippen molar-refractivity contribution < 1.29 is 19.4 Å². The molecule has 2 fully saturated rings. The van der Waals surface area contributed by atoms with Gasteiger partial charge in [0.05, 0.1) is 48.0 Å². The lowest BCUT2D eigenvalue weighted by Gasteiger charge is -2.44. The minimum absolute atomic E-state index is 0.0146. The number of carbonyl (C=O) groups excluding carboxylic acids is 1. The lowest BCUT2D eigenvalue weighted by Crippen LogP contribution is -2.55. The van der Waals surface area contributed by atoms with Gasteiger partial charge >= 0.3 is 0 Å². The van der Waals surface area contributed by atoms with Crippen LogP contribution in [0.4, 0.5) is 0 Å². The SMILES string of the molecule is CCNC(=O)C[C@@H]1CC[C@H]2[C@@H](COC[C@H](O)CN2Cc2ccc(Cl)c(Cl)c2)O1. The first kappa shape index (κ1) is 21.8. The Kier molecular flexibility index (Phi) is 7.97. The first-order valence-corrected chi connectivity index (χ1v) is 10.6. The molecular formula is C20H28Cl2N2O4. The Bertz CT molecular complexity index is 676. The topological polar surface area (TPSA) is 71.0 Å². The normalized spacial score (nSPS) is 28.9. The van der Waals surface area contributed by atoms with Crippen molar-refractivity contribution in [3.63, 3.8) is 0 Å². The van der Waals surface area contributed by atoms with Crippen LogP contribution >= 0.6 is 23.2 Å². The molecule has 0 bridgehead atoms. The van der Waals surface area contributed by atoms with Crippen LogP contribution in [0.15, 0.2) is 18.2 Å². The summed E-state index contributed by atoms with van der Waals surface area (Å²) in [7, 11) is 0. The van der Waals surface area contributed by atoms with Crippen LogP contribution < -0.4 is 5.32 Å². The van der Waals surface area contributed by atoms with Crippen molar-refractivity contribution in [1.29, 1.82) is 0 Å². The van der Waals surface area contributed by atoms with Crippen LogP contribution in [0.3, 0.4) is 0 Å². The lowest BCUT2D eigenvalue weighted by atomic mass is 9.94. The van der Waals surface area contributed by atoms with Gasteiger partial charge in [-0.15, -0.1) is 0 Å². The molecule has 0 spiro atoms. The molecule has 0 aliphatic carbocycles. The average molecular weight is 431 g/mol. The first-order valence-electron chi connectivity index (χ1n) is 9.82. The van der Waals surface area contributed by atoms with Gasteiger partial charge in [0, 0.05) is 25.7 Å². The predicted molar refractivity (Wildman–Crippen MR) is 109 cm³/mol. The maximum Gasteiger partial charge on any atom is 0.222 e. The highest BCUT2D eigenvalue weighted by molar-refractivity contribution is 6.42. The molecule has 2 aliphatic heterocycles. The van der Waals surface area contributed by atoms with Crippen LogP contribution in [-0.4, -0.2) is 66.6 Å². The molecule has 6 nitrogen and oxygen atoms in total. The van der Waals surface area contributed by atoms with Crippen molar-refractivity contribution in [1.82, 2.24) is 10.2 Å². The predicted octanol–water partition coefficient (Wildman–Crippen LogP) is 2.63. The molecule has 1 aromatic rings. The molecule has 1 amide bonds. The molecule has 2 N–H and O–H groups in total. The molecule has 0 saturated carbocycles. The van der Waals surface area contributed by atoms with E-state index in [1.807, 2.05) is 19.1 Å². The first-order chi connectivity index (χ1) is 13.5. The second-order valence-corrected chi connectivity index (χ2v) is 8.28. The van der Waals surface area contributed by atoms with Crippen molar-refractivity contribution in [2.45, 2.75) is 57.1 Å². The molecule has 156 valence electrons. The van der Waals surface area contributed by atoms with E-state index < -0.39 is 6.10 Å². The second kappa shape index (κ2) is 10.2. The maximum absolute atomic E-state index is 11.9. The number of ether oxygens (including phenoxy) is 2. The fraction of sp³-hybridized carbons (Fsp3) is 0.650. The highest BCUT2D eigenvalue weighted by Crippen LogP contribution is 2.30. The molecule has 4 atom stereocenters. The Morgan fingerprint density at radius 3 is 2.86 bits per heavy atom. The number of hydrogen-bond donors (Lipinski definition) is 2. The maximum atomic E-state index is 11.9. The highest BCUT2D eigenvalue weighted by Gasteiger charge is 2.38. The van der Waals surface area contributed by atoms with E-state index in [2.05, 4.69) is 10.2 Å². The molecule has 2 saturated heterocycles. The Hall–Kier alpha value is -0.890. The molecule has 2 heterocycles. The molecular weight excluding hydrogens is 403 g/mol. The van der Waals surface area contributed by atoms with Gasteiger partial charge in [-0.2, -0.15) is 0 Å². The summed E-state index contributed by atoms with van der Waals surface area (Å²) < 4.78 is 11.9. The minimum atomic E-state index is -0.559. The van der Waals surface area contributed by atoms with Gasteiger partial charge in [0.15, 0.2) is 0 Å². The summed E-state index contributed by atoms with van der Waals surface area (Å²) in [6.07, 6.45) is 1.25. The molecule has 2 aliphatic rings. The summed E-state index contributed by atoms with van der Waals surface area (Å²) in [5, 5.41) is 14.1. The summed E-state index contributed by atoms with van der Waals surface area (Å²) >= 11 is 12.2. The summed E-state index contributed by atoms with van der Waals surface area (Å²) in [5.41, 5.74) is 1.03. The standard InChI is InChI=1S/C20H28Cl2N2O4/c1-2-23-20(26)8-15-4-6-18-19(28-15)12-27-11-14(25)10-24(18)9-13-3-5-16(21)17(22)7-13/h3,5,7,14-15,18-19,25H,2,4,6,8-12H2,1H3,(H,23,26)/t14-,15+,18+,19-/m1/s1. The van der Waals surface area contributed by atoms with E-state index >= 15 is 0 Å². The van der Waals surface area contributed by atoms with Crippen LogP contribution in [-0.2, 0) is 20.8 Å². The smallest absolute Gasteiger partial charge is 0.222 e. The summed E-state index contributed by atoms with van der Waals surface area (Å²) in [6.45, 7) is 4.34. The number of nitrogens with one attached hydrogen (secondary N) is 1. The fourth-order valence-electron chi connectivity index (χ4n) is 3.98. The van der Waals surface area contributed by atoms with E-state index in [1.54, 1.807) is 6.07 Å². The van der Waals surface area contributed by atoms with Crippen molar-refractivity contribution in [2.24, 2.45) is 0 Å². The number of fused-ring (bicyclic) bond motifs is 1. The van der Waals surface area contributed by atoms with E-state index in [4.69, 9.17) is 32.7 Å². The number of hydrogen-bond acceptors (Lipinski definition) is 5. The average Bonchev–Trinajstić information content (AvgIpc) is 2.63. The molecule has 28 heavy (non-hydrogen) atoms. The largest absolute Gasteiger partial charge is 0.389 e. The van der Waals surface area contributed by atoms with Gasteiger partial charge in [-0.1, -0.05) is 29.3 Å². The van der Waals surface area contributed by atoms with E-state index in [-0.39, 0.29) is 30.8 Å². The Morgan fingerprint density at radius 1 is 1.29 bits per heavy atom. The zero-order valence-electron chi connectivity index (χ0n) is 16.1. The van der Waals surface area contributed by atoms with Crippen LogP contribution in [0.1, 0.15) is 31.7 Å². The number of β-amino-alcohol motifs (C(OH)–C–C–N with tert-alkyl or cyclic N) is 1. The number of nitrogens with zero attached hydrogens (tertiary/aromatic N) is 1. The molecule has 0 aromatic heterocycles. The van der Waals surface area contributed by atoms with Gasteiger partial charge in [-0.25, -0.2) is 0 Å². The number of amides is 1. The quantitative estimate of drug-likeness (QED) is 0.750. The Balaban J connectivity index is 1.70.